The molecule has 1 aliphatic heterocycles. The third-order valence-electron chi connectivity index (χ3n) is 3.87. The first-order chi connectivity index (χ1) is 12.2. The quantitative estimate of drug-likeness (QED) is 0.805. The van der Waals surface area contributed by atoms with Crippen molar-refractivity contribution in [2.24, 2.45) is 0 Å². The summed E-state index contributed by atoms with van der Waals surface area (Å²) in [5.41, 5.74) is 0.391. The number of amides is 1. The van der Waals surface area contributed by atoms with Crippen LogP contribution >= 0.6 is 0 Å². The van der Waals surface area contributed by atoms with Crippen LogP contribution in [-0.4, -0.2) is 47.6 Å². The van der Waals surface area contributed by atoms with Gasteiger partial charge in [-0.3, -0.25) is 0 Å². The van der Waals surface area contributed by atoms with Crippen molar-refractivity contribution in [2.75, 3.05) is 6.54 Å². The van der Waals surface area contributed by atoms with Crippen molar-refractivity contribution in [1.29, 1.82) is 0 Å². The topological polar surface area (TPSA) is 94.1 Å². The molecule has 1 amide bonds. The molecule has 3 atom stereocenters. The molecule has 0 aliphatic carbocycles. The fourth-order valence-electron chi connectivity index (χ4n) is 2.69. The first kappa shape index (κ1) is 20.2. The van der Waals surface area contributed by atoms with Crippen molar-refractivity contribution < 1.29 is 28.9 Å². The van der Waals surface area contributed by atoms with Crippen LogP contribution in [0.5, 0.6) is 0 Å². The van der Waals surface area contributed by atoms with Crippen LogP contribution in [-0.2, 0) is 25.6 Å². The second-order valence-electron chi connectivity index (χ2n) is 7.31. The highest BCUT2D eigenvalue weighted by Crippen LogP contribution is 2.23. The van der Waals surface area contributed by atoms with E-state index in [9.17, 15) is 14.7 Å². The predicted octanol–water partition coefficient (Wildman–Crippen LogP) is 2.73. The van der Waals surface area contributed by atoms with Gasteiger partial charge in [0.25, 0.3) is 0 Å². The van der Waals surface area contributed by atoms with Gasteiger partial charge >= 0.3 is 12.1 Å². The molecule has 0 aromatic heterocycles. The Morgan fingerprint density at radius 1 is 1.23 bits per heavy atom. The summed E-state index contributed by atoms with van der Waals surface area (Å²) in [7, 11) is 0. The lowest BCUT2D eigenvalue weighted by atomic mass is 10.0. The Hall–Kier alpha value is -2.12. The van der Waals surface area contributed by atoms with Crippen molar-refractivity contribution in [3.63, 3.8) is 0 Å². The van der Waals surface area contributed by atoms with Crippen molar-refractivity contribution in [1.82, 2.24) is 5.32 Å². The highest BCUT2D eigenvalue weighted by molar-refractivity contribution is 5.73. The SMILES string of the molecule is CC(C)(C)OC(=O)NC[C@H]1CC[C@H](OCc2ccccc2)[C@@H](C(=O)O)O1. The number of benzene rings is 1. The summed E-state index contributed by atoms with van der Waals surface area (Å²) in [5.74, 6) is -1.06. The van der Waals surface area contributed by atoms with Crippen LogP contribution in [0.4, 0.5) is 4.79 Å². The number of carbonyl (C=O) groups is 2. The smallest absolute Gasteiger partial charge is 0.407 e. The number of carboxylic acid groups (broad SMARTS) is 1. The Morgan fingerprint density at radius 2 is 1.92 bits per heavy atom. The summed E-state index contributed by atoms with van der Waals surface area (Å²) >= 11 is 0. The van der Waals surface area contributed by atoms with Gasteiger partial charge in [0.05, 0.1) is 18.8 Å². The number of alkyl carbamates (subject to hydrolysis) is 1. The van der Waals surface area contributed by atoms with Gasteiger partial charge in [0.1, 0.15) is 5.60 Å². The zero-order valence-corrected chi connectivity index (χ0v) is 15.4. The van der Waals surface area contributed by atoms with E-state index in [1.807, 2.05) is 30.3 Å². The number of aliphatic carboxylic acids is 1. The Kier molecular flexibility index (Phi) is 6.99. The van der Waals surface area contributed by atoms with Crippen LogP contribution in [0.25, 0.3) is 0 Å². The summed E-state index contributed by atoms with van der Waals surface area (Å²) in [5, 5.41) is 12.1. The highest BCUT2D eigenvalue weighted by Gasteiger charge is 2.37. The maximum Gasteiger partial charge on any atom is 0.407 e. The van der Waals surface area contributed by atoms with Crippen LogP contribution in [0.1, 0.15) is 39.2 Å². The zero-order valence-electron chi connectivity index (χ0n) is 15.4. The van der Waals surface area contributed by atoms with Gasteiger partial charge in [-0.2, -0.15) is 0 Å². The Balaban J connectivity index is 1.83. The van der Waals surface area contributed by atoms with Crippen molar-refractivity contribution in [3.8, 4) is 0 Å². The average molecular weight is 365 g/mol. The molecule has 26 heavy (non-hydrogen) atoms. The second kappa shape index (κ2) is 9.00. The molecule has 0 saturated carbocycles. The summed E-state index contributed by atoms with van der Waals surface area (Å²) in [4.78, 5) is 23.2. The molecule has 0 unspecified atom stereocenters. The minimum Gasteiger partial charge on any atom is -0.479 e. The second-order valence-corrected chi connectivity index (χ2v) is 7.31. The van der Waals surface area contributed by atoms with E-state index in [4.69, 9.17) is 14.2 Å². The van der Waals surface area contributed by atoms with Gasteiger partial charge in [-0.05, 0) is 39.2 Å². The maximum atomic E-state index is 11.7. The van der Waals surface area contributed by atoms with E-state index in [0.29, 0.717) is 19.4 Å². The van der Waals surface area contributed by atoms with Crippen LogP contribution in [0.3, 0.4) is 0 Å². The maximum absolute atomic E-state index is 11.7. The number of carboxylic acids is 1. The third kappa shape index (κ3) is 6.65. The van der Waals surface area contributed by atoms with Crippen molar-refractivity contribution >= 4 is 12.1 Å². The molecular formula is C19H27NO6. The van der Waals surface area contributed by atoms with E-state index in [1.54, 1.807) is 20.8 Å². The van der Waals surface area contributed by atoms with E-state index < -0.39 is 29.9 Å². The molecule has 0 spiro atoms. The van der Waals surface area contributed by atoms with E-state index in [0.717, 1.165) is 5.56 Å². The van der Waals surface area contributed by atoms with Crippen LogP contribution in [0.15, 0.2) is 30.3 Å². The van der Waals surface area contributed by atoms with Crippen molar-refractivity contribution in [3.05, 3.63) is 35.9 Å². The number of hydrogen-bond acceptors (Lipinski definition) is 5. The Bertz CT molecular complexity index is 598. The molecule has 1 aromatic carbocycles. The fourth-order valence-corrected chi connectivity index (χ4v) is 2.69. The summed E-state index contributed by atoms with van der Waals surface area (Å²) in [6.07, 6.45) is -1.37. The number of hydrogen-bond donors (Lipinski definition) is 2. The highest BCUT2D eigenvalue weighted by atomic mass is 16.6. The molecule has 144 valence electrons. The van der Waals surface area contributed by atoms with Gasteiger partial charge in [0.2, 0.25) is 0 Å². The van der Waals surface area contributed by atoms with Crippen molar-refractivity contribution in [2.45, 2.75) is 64.1 Å². The van der Waals surface area contributed by atoms with E-state index in [2.05, 4.69) is 5.32 Å². The van der Waals surface area contributed by atoms with Crippen LogP contribution in [0, 0.1) is 0 Å². The average Bonchev–Trinajstić information content (AvgIpc) is 2.58. The lowest BCUT2D eigenvalue weighted by molar-refractivity contribution is -0.181. The van der Waals surface area contributed by atoms with E-state index in [1.165, 1.54) is 0 Å². The standard InChI is InChI=1S/C19H27NO6/c1-19(2,3)26-18(23)20-11-14-9-10-15(16(25-14)17(21)22)24-12-13-7-5-4-6-8-13/h4-8,14-16H,9-12H2,1-3H3,(H,20,23)(H,21,22)/t14-,15+,16+/m1/s1. The third-order valence-corrected chi connectivity index (χ3v) is 3.87. The molecule has 1 aliphatic rings. The molecule has 1 saturated heterocycles. The Morgan fingerprint density at radius 3 is 2.54 bits per heavy atom. The van der Waals surface area contributed by atoms with Gasteiger partial charge in [-0.15, -0.1) is 0 Å². The first-order valence-electron chi connectivity index (χ1n) is 8.75. The van der Waals surface area contributed by atoms with E-state index >= 15 is 0 Å². The van der Waals surface area contributed by atoms with Gasteiger partial charge in [-0.25, -0.2) is 9.59 Å². The minimum atomic E-state index is -1.06. The van der Waals surface area contributed by atoms with E-state index in [-0.39, 0.29) is 12.6 Å². The Labute approximate surface area is 153 Å². The monoisotopic (exact) mass is 365 g/mol. The summed E-state index contributed by atoms with van der Waals surface area (Å²) in [6.45, 7) is 5.86. The normalized spacial score (nSPS) is 23.3. The number of ether oxygens (including phenoxy) is 3. The van der Waals surface area contributed by atoms with Gasteiger partial charge < -0.3 is 24.6 Å². The predicted molar refractivity (Wildman–Crippen MR) is 94.8 cm³/mol. The number of nitrogens with one attached hydrogen (secondary N) is 1. The van der Waals surface area contributed by atoms with Gasteiger partial charge in [0, 0.05) is 6.54 Å². The first-order valence-corrected chi connectivity index (χ1v) is 8.75. The van der Waals surface area contributed by atoms with Crippen LogP contribution < -0.4 is 5.32 Å². The number of rotatable bonds is 6. The molecule has 7 nitrogen and oxygen atoms in total. The number of carbonyl (C=O) groups excluding carboxylic acids is 1. The summed E-state index contributed by atoms with van der Waals surface area (Å²) < 4.78 is 16.6. The molecule has 1 aromatic rings. The van der Waals surface area contributed by atoms with Gasteiger partial charge in [0.15, 0.2) is 6.10 Å². The minimum absolute atomic E-state index is 0.199. The molecule has 0 bridgehead atoms. The molecule has 7 heteroatoms. The fraction of sp³-hybridized carbons (Fsp3) is 0.579. The molecule has 1 heterocycles. The van der Waals surface area contributed by atoms with Crippen LogP contribution in [0.2, 0.25) is 0 Å². The molecule has 1 fully saturated rings. The molecular weight excluding hydrogens is 338 g/mol. The largest absolute Gasteiger partial charge is 0.479 e. The molecule has 0 radical (unpaired) electrons. The molecule has 2 N–H and O–H groups in total. The zero-order chi connectivity index (χ0) is 19.2. The lowest BCUT2D eigenvalue weighted by Gasteiger charge is -2.34. The molecule has 2 rings (SSSR count). The lowest BCUT2D eigenvalue weighted by Crippen LogP contribution is -2.48. The van der Waals surface area contributed by atoms with Gasteiger partial charge in [-0.1, -0.05) is 30.3 Å². The summed E-state index contributed by atoms with van der Waals surface area (Å²) in [6, 6.07) is 9.57.